The van der Waals surface area contributed by atoms with Gasteiger partial charge in [-0.1, -0.05) is 36.8 Å². The summed E-state index contributed by atoms with van der Waals surface area (Å²) in [5, 5.41) is 3.55. The highest BCUT2D eigenvalue weighted by atomic mass is 16.2. The fourth-order valence-corrected chi connectivity index (χ4v) is 4.47. The van der Waals surface area contributed by atoms with Crippen LogP contribution in [0.5, 0.6) is 0 Å². The van der Waals surface area contributed by atoms with E-state index in [-0.39, 0.29) is 11.8 Å². The smallest absolute Gasteiger partial charge is 0.318 e. The Balaban J connectivity index is 1.51. The van der Waals surface area contributed by atoms with Gasteiger partial charge >= 0.3 is 6.03 Å². The average molecular weight is 327 g/mol. The molecular formula is C18H21N3O3. The Morgan fingerprint density at radius 2 is 1.96 bits per heavy atom. The third kappa shape index (κ3) is 2.20. The van der Waals surface area contributed by atoms with Gasteiger partial charge in [0.05, 0.1) is 0 Å². The fraction of sp³-hybridized carbons (Fsp3) is 0.500. The lowest BCUT2D eigenvalue weighted by Crippen LogP contribution is -2.50. The zero-order valence-corrected chi connectivity index (χ0v) is 13.6. The number of nitrogens with zero attached hydrogens (tertiary/aromatic N) is 1. The Bertz CT molecular complexity index is 705. The second-order valence-corrected chi connectivity index (χ2v) is 7.32. The Morgan fingerprint density at radius 3 is 2.58 bits per heavy atom. The molecular weight excluding hydrogens is 306 g/mol. The Kier molecular flexibility index (Phi) is 3.37. The van der Waals surface area contributed by atoms with Crippen LogP contribution in [-0.4, -0.2) is 22.9 Å². The van der Waals surface area contributed by atoms with Crippen molar-refractivity contribution < 1.29 is 14.4 Å². The maximum absolute atomic E-state index is 12.8. The molecule has 4 atom stereocenters. The number of benzene rings is 1. The summed E-state index contributed by atoms with van der Waals surface area (Å²) in [7, 11) is 0. The first-order chi connectivity index (χ1) is 11.5. The number of carbonyl (C=O) groups is 3. The number of urea groups is 1. The highest BCUT2D eigenvalue weighted by Crippen LogP contribution is 2.48. The van der Waals surface area contributed by atoms with Gasteiger partial charge in [-0.15, -0.1) is 0 Å². The lowest BCUT2D eigenvalue weighted by atomic mass is 9.88. The van der Waals surface area contributed by atoms with Crippen molar-refractivity contribution in [3.63, 3.8) is 0 Å². The number of carbonyl (C=O) groups excluding carboxylic acids is 3. The third-order valence-electron chi connectivity index (χ3n) is 5.84. The molecule has 6 nitrogen and oxygen atoms in total. The van der Waals surface area contributed by atoms with Crippen LogP contribution in [0.15, 0.2) is 30.3 Å². The van der Waals surface area contributed by atoms with Crippen LogP contribution in [0.25, 0.3) is 0 Å². The van der Waals surface area contributed by atoms with Crippen LogP contribution < -0.4 is 10.7 Å². The molecule has 126 valence electrons. The molecule has 6 heteroatoms. The van der Waals surface area contributed by atoms with Gasteiger partial charge in [-0.3, -0.25) is 15.0 Å². The molecule has 1 aromatic carbocycles. The molecule has 0 spiro atoms. The van der Waals surface area contributed by atoms with Crippen molar-refractivity contribution in [3.05, 3.63) is 35.9 Å². The molecule has 24 heavy (non-hydrogen) atoms. The van der Waals surface area contributed by atoms with Crippen LogP contribution in [0.1, 0.15) is 38.2 Å². The van der Waals surface area contributed by atoms with E-state index in [4.69, 9.17) is 0 Å². The molecule has 0 radical (unpaired) electrons. The van der Waals surface area contributed by atoms with Crippen molar-refractivity contribution in [2.24, 2.45) is 17.8 Å². The maximum atomic E-state index is 12.8. The molecule has 2 saturated carbocycles. The van der Waals surface area contributed by atoms with Crippen LogP contribution in [0.2, 0.25) is 0 Å². The molecule has 1 aliphatic heterocycles. The van der Waals surface area contributed by atoms with E-state index in [0.29, 0.717) is 17.4 Å². The Labute approximate surface area is 140 Å². The standard InChI is InChI=1S/C18H21N3O3/c1-18(13-5-3-2-4-6-13)16(23)21(17(24)19-18)20-15(22)14-10-11-7-8-12(14)9-11/h2-6,11-12,14H,7-10H2,1H3,(H,19,24)(H,20,22)/t11-,12-,14-,18-/m0/s1. The highest BCUT2D eigenvalue weighted by Gasteiger charge is 2.51. The summed E-state index contributed by atoms with van der Waals surface area (Å²) in [5.41, 5.74) is 2.10. The number of hydrazine groups is 1. The number of rotatable bonds is 3. The Hall–Kier alpha value is -2.37. The second kappa shape index (κ2) is 5.33. The van der Waals surface area contributed by atoms with Gasteiger partial charge in [0, 0.05) is 5.92 Å². The van der Waals surface area contributed by atoms with E-state index < -0.39 is 17.5 Å². The van der Waals surface area contributed by atoms with Crippen molar-refractivity contribution in [2.45, 2.75) is 38.1 Å². The maximum Gasteiger partial charge on any atom is 0.344 e. The van der Waals surface area contributed by atoms with Gasteiger partial charge in [0.1, 0.15) is 5.54 Å². The first kappa shape index (κ1) is 15.2. The number of amides is 4. The molecule has 2 bridgehead atoms. The molecule has 1 heterocycles. The topological polar surface area (TPSA) is 78.5 Å². The lowest BCUT2D eigenvalue weighted by molar-refractivity contribution is -0.141. The second-order valence-electron chi connectivity index (χ2n) is 7.32. The molecule has 4 amide bonds. The summed E-state index contributed by atoms with van der Waals surface area (Å²) in [6, 6.07) is 8.48. The first-order valence-electron chi connectivity index (χ1n) is 8.52. The molecule has 4 rings (SSSR count). The highest BCUT2D eigenvalue weighted by molar-refractivity contribution is 6.08. The number of nitrogens with one attached hydrogen (secondary N) is 2. The summed E-state index contributed by atoms with van der Waals surface area (Å²) in [5.74, 6) is 0.297. The van der Waals surface area contributed by atoms with Gasteiger partial charge in [0.15, 0.2) is 0 Å². The minimum absolute atomic E-state index is 0.0760. The van der Waals surface area contributed by atoms with E-state index in [2.05, 4.69) is 10.7 Å². The van der Waals surface area contributed by atoms with Crippen LogP contribution in [0, 0.1) is 17.8 Å². The minimum atomic E-state index is -1.15. The van der Waals surface area contributed by atoms with E-state index in [9.17, 15) is 14.4 Å². The van der Waals surface area contributed by atoms with E-state index in [1.165, 1.54) is 6.42 Å². The van der Waals surface area contributed by atoms with Gasteiger partial charge in [-0.25, -0.2) is 4.79 Å². The first-order valence-corrected chi connectivity index (χ1v) is 8.52. The number of fused-ring (bicyclic) bond motifs is 2. The van der Waals surface area contributed by atoms with Crippen LogP contribution in [0.3, 0.4) is 0 Å². The minimum Gasteiger partial charge on any atom is -0.318 e. The molecule has 0 aromatic heterocycles. The monoisotopic (exact) mass is 327 g/mol. The number of imide groups is 1. The fourth-order valence-electron chi connectivity index (χ4n) is 4.47. The van der Waals surface area contributed by atoms with E-state index in [0.717, 1.165) is 24.3 Å². The third-order valence-corrected chi connectivity index (χ3v) is 5.84. The molecule has 1 aromatic rings. The normalized spacial score (nSPS) is 34.5. The van der Waals surface area contributed by atoms with Crippen molar-refractivity contribution in [2.75, 3.05) is 0 Å². The van der Waals surface area contributed by atoms with Crippen LogP contribution in [0.4, 0.5) is 4.79 Å². The molecule has 1 saturated heterocycles. The van der Waals surface area contributed by atoms with Crippen molar-refractivity contribution in [1.29, 1.82) is 0 Å². The lowest BCUT2D eigenvalue weighted by Gasteiger charge is -2.24. The molecule has 0 unspecified atom stereocenters. The van der Waals surface area contributed by atoms with Gasteiger partial charge in [-0.2, -0.15) is 5.01 Å². The summed E-state index contributed by atoms with van der Waals surface area (Å²) < 4.78 is 0. The van der Waals surface area contributed by atoms with Crippen molar-refractivity contribution in [3.8, 4) is 0 Å². The van der Waals surface area contributed by atoms with Gasteiger partial charge in [0.25, 0.3) is 5.91 Å². The van der Waals surface area contributed by atoms with Gasteiger partial charge in [0.2, 0.25) is 5.91 Å². The van der Waals surface area contributed by atoms with Crippen LogP contribution >= 0.6 is 0 Å². The molecule has 3 aliphatic rings. The largest absolute Gasteiger partial charge is 0.344 e. The van der Waals surface area contributed by atoms with E-state index in [1.54, 1.807) is 19.1 Å². The zero-order chi connectivity index (χ0) is 16.9. The van der Waals surface area contributed by atoms with E-state index >= 15 is 0 Å². The summed E-state index contributed by atoms with van der Waals surface area (Å²) in [4.78, 5) is 37.6. The summed E-state index contributed by atoms with van der Waals surface area (Å²) in [6.07, 6.45) is 4.24. The number of hydrogen-bond acceptors (Lipinski definition) is 3. The summed E-state index contributed by atoms with van der Waals surface area (Å²) >= 11 is 0. The van der Waals surface area contributed by atoms with Gasteiger partial charge < -0.3 is 5.32 Å². The van der Waals surface area contributed by atoms with Crippen molar-refractivity contribution >= 4 is 17.8 Å². The quantitative estimate of drug-likeness (QED) is 0.833. The molecule has 3 fully saturated rings. The zero-order valence-electron chi connectivity index (χ0n) is 13.6. The predicted octanol–water partition coefficient (Wildman–Crippen LogP) is 1.92. The van der Waals surface area contributed by atoms with E-state index in [1.807, 2.05) is 18.2 Å². The number of hydrogen-bond donors (Lipinski definition) is 2. The SMILES string of the molecule is C[C@@]1(c2ccccc2)NC(=O)N(NC(=O)[C@H]2C[C@H]3CC[C@H]2C3)C1=O. The Morgan fingerprint density at radius 1 is 1.21 bits per heavy atom. The predicted molar refractivity (Wildman–Crippen MR) is 86.3 cm³/mol. The van der Waals surface area contributed by atoms with Crippen molar-refractivity contribution in [1.82, 2.24) is 15.8 Å². The van der Waals surface area contributed by atoms with Crippen LogP contribution in [-0.2, 0) is 15.1 Å². The molecule has 2 aliphatic carbocycles. The summed E-state index contributed by atoms with van der Waals surface area (Å²) in [6.45, 7) is 1.66. The average Bonchev–Trinajstić information content (AvgIpc) is 3.27. The van der Waals surface area contributed by atoms with Gasteiger partial charge in [-0.05, 0) is 43.6 Å². The molecule has 2 N–H and O–H groups in total.